The number of benzene rings is 1. The highest BCUT2D eigenvalue weighted by atomic mass is 35.5. The van der Waals surface area contributed by atoms with Gasteiger partial charge in [0.25, 0.3) is 5.91 Å². The Labute approximate surface area is 113 Å². The van der Waals surface area contributed by atoms with Crippen molar-refractivity contribution in [1.82, 2.24) is 4.90 Å². The second kappa shape index (κ2) is 5.72. The van der Waals surface area contributed by atoms with Crippen LogP contribution in [-0.2, 0) is 0 Å². The molecule has 1 fully saturated rings. The number of rotatable bonds is 2. The Kier molecular flexibility index (Phi) is 4.25. The Morgan fingerprint density at radius 1 is 1.50 bits per heavy atom. The van der Waals surface area contributed by atoms with Crippen LogP contribution >= 0.6 is 11.6 Å². The van der Waals surface area contributed by atoms with E-state index in [0.717, 1.165) is 19.4 Å². The van der Waals surface area contributed by atoms with Crippen LogP contribution in [0, 0.1) is 5.92 Å². The fourth-order valence-electron chi connectivity index (χ4n) is 2.65. The third-order valence-corrected chi connectivity index (χ3v) is 4.05. The van der Waals surface area contributed by atoms with Crippen molar-refractivity contribution in [3.63, 3.8) is 0 Å². The predicted octanol–water partition coefficient (Wildman–Crippen LogP) is 2.54. The molecule has 2 atom stereocenters. The number of carbonyl (C=O) groups excluding carboxylic acids is 1. The standard InChI is InChI=1S/C14H19ClN2O/c1-10-5-4-8-17(13(10)9-16)14(18)11-6-2-3-7-12(11)15/h2-3,6-7,10,13H,4-5,8-9,16H2,1H3. The molecule has 1 aliphatic rings. The summed E-state index contributed by atoms with van der Waals surface area (Å²) in [7, 11) is 0. The third kappa shape index (κ3) is 2.52. The number of likely N-dealkylation sites (tertiary alicyclic amines) is 1. The summed E-state index contributed by atoms with van der Waals surface area (Å²) >= 11 is 6.09. The van der Waals surface area contributed by atoms with Gasteiger partial charge in [0.1, 0.15) is 0 Å². The topological polar surface area (TPSA) is 46.3 Å². The van der Waals surface area contributed by atoms with E-state index in [0.29, 0.717) is 23.0 Å². The summed E-state index contributed by atoms with van der Waals surface area (Å²) < 4.78 is 0. The molecule has 3 nitrogen and oxygen atoms in total. The molecule has 0 spiro atoms. The lowest BCUT2D eigenvalue weighted by atomic mass is 9.90. The maximum atomic E-state index is 12.5. The van der Waals surface area contributed by atoms with Crippen molar-refractivity contribution in [2.24, 2.45) is 11.7 Å². The van der Waals surface area contributed by atoms with Gasteiger partial charge in [-0.25, -0.2) is 0 Å². The highest BCUT2D eigenvalue weighted by Gasteiger charge is 2.31. The molecule has 1 saturated heterocycles. The average molecular weight is 267 g/mol. The minimum atomic E-state index is 0.00241. The maximum Gasteiger partial charge on any atom is 0.255 e. The fourth-order valence-corrected chi connectivity index (χ4v) is 2.87. The van der Waals surface area contributed by atoms with Gasteiger partial charge in [-0.3, -0.25) is 4.79 Å². The van der Waals surface area contributed by atoms with Gasteiger partial charge in [-0.1, -0.05) is 30.7 Å². The molecule has 18 heavy (non-hydrogen) atoms. The van der Waals surface area contributed by atoms with Crippen molar-refractivity contribution in [3.05, 3.63) is 34.9 Å². The van der Waals surface area contributed by atoms with E-state index in [1.807, 2.05) is 17.0 Å². The summed E-state index contributed by atoms with van der Waals surface area (Å²) in [4.78, 5) is 14.4. The van der Waals surface area contributed by atoms with Crippen LogP contribution in [0.4, 0.5) is 0 Å². The van der Waals surface area contributed by atoms with Crippen molar-refractivity contribution in [2.45, 2.75) is 25.8 Å². The van der Waals surface area contributed by atoms with Gasteiger partial charge in [0.2, 0.25) is 0 Å². The molecule has 1 aliphatic heterocycles. The normalized spacial score (nSPS) is 24.1. The van der Waals surface area contributed by atoms with Crippen molar-refractivity contribution in [1.29, 1.82) is 0 Å². The first-order chi connectivity index (χ1) is 8.65. The number of piperidine rings is 1. The zero-order valence-corrected chi connectivity index (χ0v) is 11.4. The lowest BCUT2D eigenvalue weighted by Crippen LogP contribution is -2.51. The van der Waals surface area contributed by atoms with Crippen LogP contribution in [0.3, 0.4) is 0 Å². The quantitative estimate of drug-likeness (QED) is 0.894. The summed E-state index contributed by atoms with van der Waals surface area (Å²) in [6.07, 6.45) is 2.17. The molecule has 4 heteroatoms. The molecular formula is C14H19ClN2O. The van der Waals surface area contributed by atoms with E-state index >= 15 is 0 Å². The molecule has 1 aromatic carbocycles. The molecule has 1 heterocycles. The molecule has 0 aliphatic carbocycles. The summed E-state index contributed by atoms with van der Waals surface area (Å²) in [5.41, 5.74) is 6.39. The number of nitrogens with zero attached hydrogens (tertiary/aromatic N) is 1. The van der Waals surface area contributed by atoms with Crippen LogP contribution in [-0.4, -0.2) is 29.9 Å². The first kappa shape index (κ1) is 13.4. The van der Waals surface area contributed by atoms with Gasteiger partial charge < -0.3 is 10.6 Å². The molecule has 2 N–H and O–H groups in total. The lowest BCUT2D eigenvalue weighted by molar-refractivity contribution is 0.0533. The maximum absolute atomic E-state index is 12.5. The van der Waals surface area contributed by atoms with Crippen LogP contribution in [0.5, 0.6) is 0 Å². The molecule has 0 bridgehead atoms. The average Bonchev–Trinajstić information content (AvgIpc) is 2.38. The number of amides is 1. The van der Waals surface area contributed by atoms with E-state index in [1.54, 1.807) is 12.1 Å². The Morgan fingerprint density at radius 3 is 2.89 bits per heavy atom. The van der Waals surface area contributed by atoms with E-state index in [1.165, 1.54) is 0 Å². The van der Waals surface area contributed by atoms with Gasteiger partial charge in [-0.15, -0.1) is 0 Å². The number of hydrogen-bond donors (Lipinski definition) is 1. The molecule has 1 aromatic rings. The van der Waals surface area contributed by atoms with E-state index in [-0.39, 0.29) is 11.9 Å². The van der Waals surface area contributed by atoms with Gasteiger partial charge in [-0.2, -0.15) is 0 Å². The third-order valence-electron chi connectivity index (χ3n) is 3.72. The van der Waals surface area contributed by atoms with Crippen molar-refractivity contribution >= 4 is 17.5 Å². The van der Waals surface area contributed by atoms with Gasteiger partial charge >= 0.3 is 0 Å². The van der Waals surface area contributed by atoms with Crippen molar-refractivity contribution < 1.29 is 4.79 Å². The summed E-state index contributed by atoms with van der Waals surface area (Å²) in [5, 5.41) is 0.511. The largest absolute Gasteiger partial charge is 0.334 e. The molecule has 0 saturated carbocycles. The van der Waals surface area contributed by atoms with Crippen molar-refractivity contribution in [2.75, 3.05) is 13.1 Å². The van der Waals surface area contributed by atoms with Crippen molar-refractivity contribution in [3.8, 4) is 0 Å². The van der Waals surface area contributed by atoms with E-state index in [9.17, 15) is 4.79 Å². The van der Waals surface area contributed by atoms with Crippen LogP contribution in [0.2, 0.25) is 5.02 Å². The summed E-state index contributed by atoms with van der Waals surface area (Å²) in [5.74, 6) is 0.456. The van der Waals surface area contributed by atoms with E-state index in [2.05, 4.69) is 6.92 Å². The lowest BCUT2D eigenvalue weighted by Gasteiger charge is -2.39. The van der Waals surface area contributed by atoms with Crippen LogP contribution in [0.1, 0.15) is 30.1 Å². The molecule has 0 aromatic heterocycles. The Bertz CT molecular complexity index is 436. The number of nitrogens with two attached hydrogens (primary N) is 1. The van der Waals surface area contributed by atoms with Gasteiger partial charge in [0, 0.05) is 19.1 Å². The summed E-state index contributed by atoms with van der Waals surface area (Å²) in [6.45, 7) is 3.44. The number of hydrogen-bond acceptors (Lipinski definition) is 2. The SMILES string of the molecule is CC1CCCN(C(=O)c2ccccc2Cl)C1CN. The highest BCUT2D eigenvalue weighted by Crippen LogP contribution is 2.26. The molecule has 0 radical (unpaired) electrons. The predicted molar refractivity (Wildman–Crippen MR) is 73.7 cm³/mol. The van der Waals surface area contributed by atoms with Crippen LogP contribution in [0.25, 0.3) is 0 Å². The summed E-state index contributed by atoms with van der Waals surface area (Å²) in [6, 6.07) is 7.32. The minimum Gasteiger partial charge on any atom is -0.334 e. The fraction of sp³-hybridized carbons (Fsp3) is 0.500. The number of carbonyl (C=O) groups is 1. The first-order valence-corrected chi connectivity index (χ1v) is 6.78. The molecule has 2 unspecified atom stereocenters. The van der Waals surface area contributed by atoms with Gasteiger partial charge in [0.05, 0.1) is 10.6 Å². The Morgan fingerprint density at radius 2 is 2.22 bits per heavy atom. The van der Waals surface area contributed by atoms with Gasteiger partial charge in [0.15, 0.2) is 0 Å². The monoisotopic (exact) mass is 266 g/mol. The highest BCUT2D eigenvalue weighted by molar-refractivity contribution is 6.33. The van der Waals surface area contributed by atoms with Crippen LogP contribution in [0.15, 0.2) is 24.3 Å². The van der Waals surface area contributed by atoms with E-state index in [4.69, 9.17) is 17.3 Å². The second-order valence-corrected chi connectivity index (χ2v) is 5.31. The molecule has 98 valence electrons. The molecule has 2 rings (SSSR count). The van der Waals surface area contributed by atoms with Crippen LogP contribution < -0.4 is 5.73 Å². The van der Waals surface area contributed by atoms with E-state index < -0.39 is 0 Å². The molecular weight excluding hydrogens is 248 g/mol. The minimum absolute atomic E-state index is 0.00241. The Hall–Kier alpha value is -1.06. The zero-order valence-electron chi connectivity index (χ0n) is 10.6. The Balaban J connectivity index is 2.25. The zero-order chi connectivity index (χ0) is 13.1. The first-order valence-electron chi connectivity index (χ1n) is 6.40. The second-order valence-electron chi connectivity index (χ2n) is 4.90. The van der Waals surface area contributed by atoms with Gasteiger partial charge in [-0.05, 0) is 30.9 Å². The molecule has 1 amide bonds. The number of halogens is 1. The smallest absolute Gasteiger partial charge is 0.255 e.